The number of furan rings is 1. The van der Waals surface area contributed by atoms with Crippen molar-refractivity contribution in [3.63, 3.8) is 0 Å². The number of anilines is 3. The molecule has 0 saturated heterocycles. The predicted molar refractivity (Wildman–Crippen MR) is 185 cm³/mol. The molecule has 0 bridgehead atoms. The second kappa shape index (κ2) is 10.3. The van der Waals surface area contributed by atoms with Gasteiger partial charge in [-0.1, -0.05) is 109 Å². The van der Waals surface area contributed by atoms with E-state index in [-0.39, 0.29) is 0 Å². The molecule has 0 amide bonds. The van der Waals surface area contributed by atoms with Crippen LogP contribution in [0.5, 0.6) is 11.5 Å². The summed E-state index contributed by atoms with van der Waals surface area (Å²) in [6.07, 6.45) is 0. The molecule has 3 heteroatoms. The maximum atomic E-state index is 6.73. The van der Waals surface area contributed by atoms with Gasteiger partial charge in [-0.15, -0.1) is 0 Å². The van der Waals surface area contributed by atoms with Gasteiger partial charge in [0.25, 0.3) is 0 Å². The lowest BCUT2D eigenvalue weighted by Crippen LogP contribution is -2.16. The average Bonchev–Trinajstić information content (AvgIpc) is 3.49. The monoisotopic (exact) mass is 577 g/mol. The Bertz CT molecular complexity index is 2340. The number of para-hydroxylation sites is 1. The number of nitrogens with zero attached hydrogens (tertiary/aromatic N) is 1. The summed E-state index contributed by atoms with van der Waals surface area (Å²) in [5.74, 6) is 1.64. The molecule has 9 rings (SSSR count). The van der Waals surface area contributed by atoms with E-state index < -0.39 is 0 Å². The molecule has 1 aliphatic heterocycles. The first kappa shape index (κ1) is 25.4. The zero-order valence-electron chi connectivity index (χ0n) is 24.4. The van der Waals surface area contributed by atoms with Gasteiger partial charge in [0.1, 0.15) is 11.2 Å². The number of hydrogen-bond acceptors (Lipinski definition) is 3. The third kappa shape index (κ3) is 4.37. The summed E-state index contributed by atoms with van der Waals surface area (Å²) in [5, 5.41) is 2.23. The number of hydrogen-bond donors (Lipinski definition) is 0. The average molecular weight is 578 g/mol. The molecular formula is C42H27NO2. The zero-order valence-corrected chi connectivity index (χ0v) is 24.4. The Hall–Kier alpha value is -6.06. The largest absolute Gasteiger partial charge is 0.456 e. The van der Waals surface area contributed by atoms with E-state index in [2.05, 4.69) is 144 Å². The number of rotatable bonds is 4. The van der Waals surface area contributed by atoms with Crippen LogP contribution in [-0.4, -0.2) is 0 Å². The van der Waals surface area contributed by atoms with Gasteiger partial charge >= 0.3 is 0 Å². The van der Waals surface area contributed by atoms with E-state index in [1.54, 1.807) is 0 Å². The molecule has 8 aromatic rings. The molecule has 3 nitrogen and oxygen atoms in total. The molecule has 0 radical (unpaired) electrons. The molecule has 0 N–H and O–H groups in total. The van der Waals surface area contributed by atoms with Crippen LogP contribution in [0.3, 0.4) is 0 Å². The van der Waals surface area contributed by atoms with E-state index in [1.807, 2.05) is 24.3 Å². The van der Waals surface area contributed by atoms with E-state index in [9.17, 15) is 0 Å². The van der Waals surface area contributed by atoms with Crippen molar-refractivity contribution in [2.45, 2.75) is 0 Å². The van der Waals surface area contributed by atoms with Gasteiger partial charge in [-0.05, 0) is 88.0 Å². The zero-order chi connectivity index (χ0) is 29.7. The fourth-order valence-corrected chi connectivity index (χ4v) is 6.42. The lowest BCUT2D eigenvalue weighted by atomic mass is 9.99. The molecule has 212 valence electrons. The van der Waals surface area contributed by atoms with Gasteiger partial charge < -0.3 is 14.1 Å². The third-order valence-corrected chi connectivity index (χ3v) is 8.67. The Labute approximate surface area is 261 Å². The quantitative estimate of drug-likeness (QED) is 0.208. The summed E-state index contributed by atoms with van der Waals surface area (Å²) in [4.78, 5) is 2.30. The van der Waals surface area contributed by atoms with Gasteiger partial charge in [0.15, 0.2) is 11.5 Å². The highest BCUT2D eigenvalue weighted by Gasteiger charge is 2.27. The summed E-state index contributed by atoms with van der Waals surface area (Å²) in [6, 6.07) is 57.3. The smallest absolute Gasteiger partial charge is 0.152 e. The maximum absolute atomic E-state index is 6.73. The minimum atomic E-state index is 0.814. The fraction of sp³-hybridized carbons (Fsp3) is 0. The molecular weight excluding hydrogens is 550 g/mol. The van der Waals surface area contributed by atoms with Crippen LogP contribution < -0.4 is 9.64 Å². The van der Waals surface area contributed by atoms with Crippen LogP contribution in [0.25, 0.3) is 55.3 Å². The van der Waals surface area contributed by atoms with Crippen molar-refractivity contribution in [2.24, 2.45) is 0 Å². The maximum Gasteiger partial charge on any atom is 0.152 e. The normalized spacial score (nSPS) is 12.1. The Morgan fingerprint density at radius 1 is 0.356 bits per heavy atom. The Morgan fingerprint density at radius 2 is 0.844 bits per heavy atom. The molecule has 0 fully saturated rings. The summed E-state index contributed by atoms with van der Waals surface area (Å²) in [7, 11) is 0. The molecule has 0 unspecified atom stereocenters. The Balaban J connectivity index is 1.17. The van der Waals surface area contributed by atoms with E-state index in [4.69, 9.17) is 9.15 Å². The first-order chi connectivity index (χ1) is 22.3. The van der Waals surface area contributed by atoms with Crippen molar-refractivity contribution < 1.29 is 9.15 Å². The van der Waals surface area contributed by atoms with E-state index in [1.165, 1.54) is 11.1 Å². The summed E-state index contributed by atoms with van der Waals surface area (Å²) < 4.78 is 12.8. The van der Waals surface area contributed by atoms with Crippen molar-refractivity contribution in [1.82, 2.24) is 0 Å². The minimum absolute atomic E-state index is 0.814. The van der Waals surface area contributed by atoms with Gasteiger partial charge in [0.05, 0.1) is 11.4 Å². The number of benzene rings is 7. The molecule has 7 aromatic carbocycles. The predicted octanol–water partition coefficient (Wildman–Crippen LogP) is 12.2. The van der Waals surface area contributed by atoms with Gasteiger partial charge in [-0.25, -0.2) is 0 Å². The highest BCUT2D eigenvalue weighted by Crippen LogP contribution is 2.52. The molecule has 0 atom stereocenters. The first-order valence-corrected chi connectivity index (χ1v) is 15.2. The van der Waals surface area contributed by atoms with Crippen molar-refractivity contribution in [1.29, 1.82) is 0 Å². The van der Waals surface area contributed by atoms with E-state index in [0.29, 0.717) is 0 Å². The second-order valence-electron chi connectivity index (χ2n) is 11.4. The molecule has 1 aromatic heterocycles. The minimum Gasteiger partial charge on any atom is -0.456 e. The highest BCUT2D eigenvalue weighted by atomic mass is 16.5. The van der Waals surface area contributed by atoms with Crippen LogP contribution in [0.1, 0.15) is 0 Å². The van der Waals surface area contributed by atoms with E-state index >= 15 is 0 Å². The van der Waals surface area contributed by atoms with Crippen molar-refractivity contribution in [3.8, 4) is 44.9 Å². The van der Waals surface area contributed by atoms with Gasteiger partial charge in [0.2, 0.25) is 0 Å². The first-order valence-electron chi connectivity index (χ1n) is 15.2. The Morgan fingerprint density at radius 3 is 1.53 bits per heavy atom. The third-order valence-electron chi connectivity index (χ3n) is 8.67. The number of ether oxygens (including phenoxy) is 1. The van der Waals surface area contributed by atoms with Gasteiger partial charge in [-0.3, -0.25) is 0 Å². The standard InChI is InChI=1S/C42H27NO2/c1-3-9-28(10-4-1)30-15-20-34(21-16-30)43-37-22-17-32(29-11-5-2-6-12-29)26-41(37)45-42-27-33(18-23-38(42)43)31-19-24-40-36(25-31)35-13-7-8-14-39(35)44-40/h1-27H. The summed E-state index contributed by atoms with van der Waals surface area (Å²) >= 11 is 0. The van der Waals surface area contributed by atoms with Crippen LogP contribution in [0.4, 0.5) is 17.1 Å². The van der Waals surface area contributed by atoms with Crippen molar-refractivity contribution >= 4 is 39.0 Å². The van der Waals surface area contributed by atoms with Crippen LogP contribution in [0.15, 0.2) is 168 Å². The molecule has 0 spiro atoms. The molecule has 1 aliphatic rings. The molecule has 45 heavy (non-hydrogen) atoms. The van der Waals surface area contributed by atoms with Crippen molar-refractivity contribution in [2.75, 3.05) is 4.90 Å². The number of fused-ring (bicyclic) bond motifs is 5. The lowest BCUT2D eigenvalue weighted by molar-refractivity contribution is 0.477. The highest BCUT2D eigenvalue weighted by molar-refractivity contribution is 6.06. The van der Waals surface area contributed by atoms with Crippen LogP contribution in [0.2, 0.25) is 0 Å². The fourth-order valence-electron chi connectivity index (χ4n) is 6.42. The SMILES string of the molecule is c1ccc(-c2ccc(N3c4ccc(-c5ccccc5)cc4Oc4cc(-c5ccc6oc7ccccc7c6c5)ccc43)cc2)cc1. The second-order valence-corrected chi connectivity index (χ2v) is 11.4. The molecule has 0 aliphatic carbocycles. The lowest BCUT2D eigenvalue weighted by Gasteiger charge is -2.33. The van der Waals surface area contributed by atoms with Crippen LogP contribution >= 0.6 is 0 Å². The van der Waals surface area contributed by atoms with Crippen LogP contribution in [-0.2, 0) is 0 Å². The van der Waals surface area contributed by atoms with E-state index in [0.717, 1.165) is 72.8 Å². The topological polar surface area (TPSA) is 25.6 Å². The van der Waals surface area contributed by atoms with Gasteiger partial charge in [-0.2, -0.15) is 0 Å². The summed E-state index contributed by atoms with van der Waals surface area (Å²) in [6.45, 7) is 0. The van der Waals surface area contributed by atoms with Crippen molar-refractivity contribution in [3.05, 3.63) is 164 Å². The Kier molecular flexibility index (Phi) is 5.82. The molecule has 0 saturated carbocycles. The molecule has 2 heterocycles. The summed E-state index contributed by atoms with van der Waals surface area (Å²) in [5.41, 5.74) is 11.7. The van der Waals surface area contributed by atoms with Crippen LogP contribution in [0, 0.1) is 0 Å². The van der Waals surface area contributed by atoms with Gasteiger partial charge in [0, 0.05) is 16.5 Å².